The molecule has 0 aliphatic rings. The zero-order valence-corrected chi connectivity index (χ0v) is 29.0. The van der Waals surface area contributed by atoms with Crippen molar-refractivity contribution >= 4 is 29.2 Å². The maximum Gasteiger partial charge on any atom is 0.317 e. The van der Waals surface area contributed by atoms with Crippen molar-refractivity contribution in [3.05, 3.63) is 196 Å². The second-order valence-corrected chi connectivity index (χ2v) is 12.7. The molecule has 0 aliphatic carbocycles. The van der Waals surface area contributed by atoms with Crippen molar-refractivity contribution in [3.63, 3.8) is 0 Å². The fourth-order valence-corrected chi connectivity index (χ4v) is 6.18. The fourth-order valence-electron chi connectivity index (χ4n) is 5.79. The molecule has 0 saturated carbocycles. The highest BCUT2D eigenvalue weighted by atomic mass is 35.5. The summed E-state index contributed by atoms with van der Waals surface area (Å²) in [7, 11) is 0. The highest BCUT2D eigenvalue weighted by Crippen LogP contribution is 2.49. The minimum atomic E-state index is -1.32. The van der Waals surface area contributed by atoms with E-state index in [2.05, 4.69) is 5.32 Å². The van der Waals surface area contributed by atoms with Gasteiger partial charge in [0.15, 0.2) is 11.5 Å². The molecule has 1 unspecified atom stereocenters. The fraction of sp³-hybridized carbons (Fsp3) is 0.136. The number of anilines is 1. The lowest BCUT2D eigenvalue weighted by Gasteiger charge is -2.31. The molecule has 0 heterocycles. The molecule has 256 valence electrons. The topological polar surface area (TPSA) is 73.9 Å². The molecule has 7 heteroatoms. The van der Waals surface area contributed by atoms with Crippen LogP contribution in [0.2, 0.25) is 5.02 Å². The molecule has 0 aliphatic heterocycles. The number of hydrogen-bond acceptors (Lipinski definition) is 5. The molecule has 1 N–H and O–H groups in total. The summed E-state index contributed by atoms with van der Waals surface area (Å²) in [6.45, 7) is 2.26. The second kappa shape index (κ2) is 16.7. The van der Waals surface area contributed by atoms with E-state index in [1.54, 1.807) is 30.3 Å². The van der Waals surface area contributed by atoms with Crippen molar-refractivity contribution in [2.45, 2.75) is 38.6 Å². The minimum absolute atomic E-state index is 0.0783. The first-order valence-electron chi connectivity index (χ1n) is 16.7. The molecule has 51 heavy (non-hydrogen) atoms. The molecule has 0 radical (unpaired) electrons. The number of halogens is 1. The van der Waals surface area contributed by atoms with Gasteiger partial charge in [-0.25, -0.2) is 0 Å². The quantitative estimate of drug-likeness (QED) is 0.115. The normalized spacial score (nSPS) is 12.0. The van der Waals surface area contributed by atoms with E-state index in [0.717, 1.165) is 22.3 Å². The molecule has 6 nitrogen and oxygen atoms in total. The Labute approximate surface area is 303 Å². The third kappa shape index (κ3) is 8.85. The molecule has 0 fully saturated rings. The zero-order valence-electron chi connectivity index (χ0n) is 28.3. The predicted octanol–water partition coefficient (Wildman–Crippen LogP) is 9.99. The Bertz CT molecular complexity index is 2040. The van der Waals surface area contributed by atoms with Crippen LogP contribution < -0.4 is 14.8 Å². The SMILES string of the molecule is CC(Cc1ccccc1)(C(=O)OCc1ccccc1)c1cc(OCc2ccccc2)c(OCc2ccccc2)c(NC(=O)c2ccccc2)c1Cl. The lowest BCUT2D eigenvalue weighted by atomic mass is 9.76. The highest BCUT2D eigenvalue weighted by Gasteiger charge is 2.41. The number of benzene rings is 6. The number of rotatable bonds is 14. The summed E-state index contributed by atoms with van der Waals surface area (Å²) in [5.74, 6) is -0.325. The number of carbonyl (C=O) groups excluding carboxylic acids is 2. The van der Waals surface area contributed by atoms with Gasteiger partial charge >= 0.3 is 5.97 Å². The maximum atomic E-state index is 14.4. The number of esters is 1. The van der Waals surface area contributed by atoms with E-state index in [1.807, 2.05) is 134 Å². The Kier molecular flexibility index (Phi) is 11.5. The Hall–Kier alpha value is -5.85. The van der Waals surface area contributed by atoms with Crippen LogP contribution in [0.5, 0.6) is 11.5 Å². The van der Waals surface area contributed by atoms with Gasteiger partial charge in [-0.15, -0.1) is 0 Å². The van der Waals surface area contributed by atoms with Crippen LogP contribution in [0.1, 0.15) is 45.1 Å². The van der Waals surface area contributed by atoms with E-state index >= 15 is 0 Å². The van der Waals surface area contributed by atoms with E-state index in [1.165, 1.54) is 0 Å². The third-order valence-electron chi connectivity index (χ3n) is 8.58. The highest BCUT2D eigenvalue weighted by molar-refractivity contribution is 6.35. The standard InChI is InChI=1S/C44H38ClNO5/c1-44(28-32-17-7-2-8-18-32,43(48)51-31-35-23-13-5-14-24-35)37-27-38(49-29-33-19-9-3-10-20-33)41(50-30-34-21-11-4-12-22-34)40(39(37)45)46-42(47)36-25-15-6-16-26-36/h2-27H,28-31H2,1H3,(H,46,47). The van der Waals surface area contributed by atoms with Crippen LogP contribution in [0.4, 0.5) is 5.69 Å². The first-order chi connectivity index (χ1) is 24.9. The smallest absolute Gasteiger partial charge is 0.317 e. The summed E-state index contributed by atoms with van der Waals surface area (Å²) in [4.78, 5) is 28.2. The van der Waals surface area contributed by atoms with Gasteiger partial charge < -0.3 is 19.5 Å². The number of amides is 1. The van der Waals surface area contributed by atoms with Gasteiger partial charge in [-0.1, -0.05) is 151 Å². The molecule has 0 bridgehead atoms. The van der Waals surface area contributed by atoms with Gasteiger partial charge in [0.25, 0.3) is 5.91 Å². The number of ether oxygens (including phenoxy) is 3. The van der Waals surface area contributed by atoms with Crippen molar-refractivity contribution in [2.75, 3.05) is 5.32 Å². The monoisotopic (exact) mass is 695 g/mol. The Morgan fingerprint density at radius 1 is 0.608 bits per heavy atom. The molecule has 6 rings (SSSR count). The first-order valence-corrected chi connectivity index (χ1v) is 17.1. The first kappa shape index (κ1) is 35.0. The average Bonchev–Trinajstić information content (AvgIpc) is 3.18. The van der Waals surface area contributed by atoms with Crippen molar-refractivity contribution in [1.29, 1.82) is 0 Å². The number of nitrogens with one attached hydrogen (secondary N) is 1. The van der Waals surface area contributed by atoms with Gasteiger partial charge in [0.1, 0.15) is 25.5 Å². The van der Waals surface area contributed by atoms with Gasteiger partial charge in [0.05, 0.1) is 10.4 Å². The van der Waals surface area contributed by atoms with E-state index in [0.29, 0.717) is 16.9 Å². The van der Waals surface area contributed by atoms with Gasteiger partial charge in [-0.2, -0.15) is 0 Å². The predicted molar refractivity (Wildman–Crippen MR) is 201 cm³/mol. The molecule has 1 atom stereocenters. The van der Waals surface area contributed by atoms with Crippen LogP contribution in [0, 0.1) is 0 Å². The molecule has 0 aromatic heterocycles. The van der Waals surface area contributed by atoms with Crippen molar-refractivity contribution in [3.8, 4) is 11.5 Å². The zero-order chi connectivity index (χ0) is 35.5. The van der Waals surface area contributed by atoms with Gasteiger partial charge in [-0.3, -0.25) is 9.59 Å². The third-order valence-corrected chi connectivity index (χ3v) is 8.97. The van der Waals surface area contributed by atoms with Crippen molar-refractivity contribution in [1.82, 2.24) is 0 Å². The number of hydrogen-bond donors (Lipinski definition) is 1. The molecule has 0 saturated heterocycles. The van der Waals surface area contributed by atoms with Gasteiger partial charge in [0, 0.05) is 5.56 Å². The van der Waals surface area contributed by atoms with Crippen LogP contribution in [0.15, 0.2) is 158 Å². The Morgan fingerprint density at radius 2 is 1.06 bits per heavy atom. The molecule has 0 spiro atoms. The van der Waals surface area contributed by atoms with Crippen LogP contribution >= 0.6 is 11.6 Å². The maximum absolute atomic E-state index is 14.4. The average molecular weight is 696 g/mol. The second-order valence-electron chi connectivity index (χ2n) is 12.4. The summed E-state index contributed by atoms with van der Waals surface area (Å²) in [5, 5.41) is 3.16. The van der Waals surface area contributed by atoms with E-state index in [-0.39, 0.29) is 42.7 Å². The summed E-state index contributed by atoms with van der Waals surface area (Å²) < 4.78 is 19.0. The Morgan fingerprint density at radius 3 is 1.59 bits per heavy atom. The van der Waals surface area contributed by atoms with Crippen LogP contribution in [-0.2, 0) is 41.2 Å². The molecule has 6 aromatic carbocycles. The van der Waals surface area contributed by atoms with Crippen LogP contribution in [0.3, 0.4) is 0 Å². The largest absolute Gasteiger partial charge is 0.485 e. The van der Waals surface area contributed by atoms with E-state index < -0.39 is 17.3 Å². The van der Waals surface area contributed by atoms with Crippen LogP contribution in [0.25, 0.3) is 0 Å². The summed E-state index contributed by atoms with van der Waals surface area (Å²) in [5.41, 5.74) is 3.31. The summed E-state index contributed by atoms with van der Waals surface area (Å²) in [6, 6.07) is 49.2. The lowest BCUT2D eigenvalue weighted by molar-refractivity contribution is -0.151. The lowest BCUT2D eigenvalue weighted by Crippen LogP contribution is -2.37. The van der Waals surface area contributed by atoms with Gasteiger partial charge in [0.2, 0.25) is 0 Å². The van der Waals surface area contributed by atoms with E-state index in [9.17, 15) is 9.59 Å². The molecular weight excluding hydrogens is 658 g/mol. The molecular formula is C44H38ClNO5. The van der Waals surface area contributed by atoms with Crippen LogP contribution in [-0.4, -0.2) is 11.9 Å². The van der Waals surface area contributed by atoms with E-state index in [4.69, 9.17) is 25.8 Å². The number of carbonyl (C=O) groups is 2. The molecule has 6 aromatic rings. The van der Waals surface area contributed by atoms with Crippen molar-refractivity contribution < 1.29 is 23.8 Å². The summed E-state index contributed by atoms with van der Waals surface area (Å²) in [6.07, 6.45) is 0.260. The van der Waals surface area contributed by atoms with Gasteiger partial charge in [-0.05, 0) is 59.4 Å². The minimum Gasteiger partial charge on any atom is -0.485 e. The van der Waals surface area contributed by atoms with Crippen molar-refractivity contribution in [2.24, 2.45) is 0 Å². The Balaban J connectivity index is 1.50. The summed E-state index contributed by atoms with van der Waals surface area (Å²) >= 11 is 7.37. The molecule has 1 amide bonds.